The molecule has 3 aromatic carbocycles. The molecule has 2 heteroatoms. The third-order valence-corrected chi connectivity index (χ3v) is 3.87. The minimum Gasteiger partial charge on any atom is -1.00 e. The quantitative estimate of drug-likeness (QED) is 0.247. The van der Waals surface area contributed by atoms with Crippen molar-refractivity contribution in [1.82, 2.24) is 0 Å². The first-order valence-corrected chi connectivity index (χ1v) is 6.53. The first kappa shape index (κ1) is 13.3. The van der Waals surface area contributed by atoms with Crippen LogP contribution in [0, 0.1) is 0 Å². The zero-order chi connectivity index (χ0) is 12.8. The Labute approximate surface area is 134 Å². The monoisotopic (exact) mass is 371 g/mol. The van der Waals surface area contributed by atoms with Crippen molar-refractivity contribution in [1.29, 1.82) is 0 Å². The van der Waals surface area contributed by atoms with Crippen LogP contribution >= 0.6 is 0 Å². The molecule has 0 aliphatic carbocycles. The van der Waals surface area contributed by atoms with Crippen molar-refractivity contribution in [2.45, 2.75) is 0 Å². The average molecular weight is 371 g/mol. The van der Waals surface area contributed by atoms with Gasteiger partial charge in [-0.25, -0.2) is 4.57 Å². The van der Waals surface area contributed by atoms with Gasteiger partial charge in [0.05, 0.1) is 10.8 Å². The Morgan fingerprint density at radius 3 is 2.20 bits per heavy atom. The molecule has 0 bridgehead atoms. The van der Waals surface area contributed by atoms with Gasteiger partial charge in [0.15, 0.2) is 6.20 Å². The van der Waals surface area contributed by atoms with Crippen LogP contribution in [0.3, 0.4) is 0 Å². The van der Waals surface area contributed by atoms with Gasteiger partial charge in [0.2, 0.25) is 5.52 Å². The van der Waals surface area contributed by atoms with E-state index in [1.165, 1.54) is 32.4 Å². The highest BCUT2D eigenvalue weighted by Gasteiger charge is 2.11. The average Bonchev–Trinajstić information content (AvgIpc) is 2.47. The van der Waals surface area contributed by atoms with Gasteiger partial charge >= 0.3 is 0 Å². The van der Waals surface area contributed by atoms with E-state index in [1.807, 2.05) is 0 Å². The molecule has 0 aliphatic rings. The molecule has 1 heterocycles. The number of rotatable bonds is 0. The Hall–Kier alpha value is -1.68. The molecule has 0 spiro atoms. The van der Waals surface area contributed by atoms with E-state index < -0.39 is 0 Å². The first-order chi connectivity index (χ1) is 9.34. The van der Waals surface area contributed by atoms with Crippen LogP contribution in [0.1, 0.15) is 0 Å². The number of aromatic nitrogens is 1. The molecule has 20 heavy (non-hydrogen) atoms. The normalized spacial score (nSPS) is 10.8. The number of fused-ring (bicyclic) bond motifs is 5. The highest BCUT2D eigenvalue weighted by Crippen LogP contribution is 2.28. The van der Waals surface area contributed by atoms with E-state index in [4.69, 9.17) is 0 Å². The summed E-state index contributed by atoms with van der Waals surface area (Å²) >= 11 is 0. The van der Waals surface area contributed by atoms with Crippen molar-refractivity contribution >= 4 is 32.4 Å². The lowest BCUT2D eigenvalue weighted by Crippen LogP contribution is -3.00. The molecule has 0 fully saturated rings. The molecule has 0 amide bonds. The Morgan fingerprint density at radius 2 is 1.35 bits per heavy atom. The maximum atomic E-state index is 2.24. The number of nitrogens with zero attached hydrogens (tertiary/aromatic N) is 1. The van der Waals surface area contributed by atoms with Gasteiger partial charge < -0.3 is 24.0 Å². The second-order valence-corrected chi connectivity index (χ2v) is 5.01. The Balaban J connectivity index is 0.00000121. The van der Waals surface area contributed by atoms with Gasteiger partial charge in [-0.1, -0.05) is 48.5 Å². The molecular formula is C18H14IN. The summed E-state index contributed by atoms with van der Waals surface area (Å²) in [4.78, 5) is 0. The summed E-state index contributed by atoms with van der Waals surface area (Å²) in [7, 11) is 2.11. The topological polar surface area (TPSA) is 3.88 Å². The minimum absolute atomic E-state index is 0. The van der Waals surface area contributed by atoms with Gasteiger partial charge in [0, 0.05) is 11.5 Å². The minimum atomic E-state index is 0. The van der Waals surface area contributed by atoms with Gasteiger partial charge in [0.25, 0.3) is 0 Å². The molecule has 0 saturated carbocycles. The van der Waals surface area contributed by atoms with Gasteiger partial charge in [-0.15, -0.1) is 0 Å². The van der Waals surface area contributed by atoms with Crippen molar-refractivity contribution in [3.63, 3.8) is 0 Å². The van der Waals surface area contributed by atoms with Gasteiger partial charge in [-0.05, 0) is 16.8 Å². The Kier molecular flexibility index (Phi) is 3.34. The van der Waals surface area contributed by atoms with Crippen LogP contribution in [0.15, 0.2) is 66.9 Å². The summed E-state index contributed by atoms with van der Waals surface area (Å²) in [6.07, 6.45) is 2.24. The maximum Gasteiger partial charge on any atom is 0.212 e. The second kappa shape index (κ2) is 5.02. The van der Waals surface area contributed by atoms with E-state index in [1.54, 1.807) is 0 Å². The van der Waals surface area contributed by atoms with E-state index >= 15 is 0 Å². The summed E-state index contributed by atoms with van der Waals surface area (Å²) in [6, 6.07) is 21.6. The number of hydrogen-bond acceptors (Lipinski definition) is 0. The van der Waals surface area contributed by atoms with Gasteiger partial charge in [-0.2, -0.15) is 0 Å². The molecule has 0 N–H and O–H groups in total. The Morgan fingerprint density at radius 1 is 0.650 bits per heavy atom. The third-order valence-electron chi connectivity index (χ3n) is 3.87. The highest BCUT2D eigenvalue weighted by atomic mass is 127. The molecule has 1 aromatic heterocycles. The van der Waals surface area contributed by atoms with Gasteiger partial charge in [0.1, 0.15) is 7.05 Å². The van der Waals surface area contributed by atoms with Crippen LogP contribution in [0.25, 0.3) is 32.4 Å². The fourth-order valence-corrected chi connectivity index (χ4v) is 2.94. The van der Waals surface area contributed by atoms with Crippen molar-refractivity contribution in [2.24, 2.45) is 7.05 Å². The van der Waals surface area contributed by atoms with Crippen LogP contribution in [0.5, 0.6) is 0 Å². The van der Waals surface area contributed by atoms with Crippen LogP contribution in [-0.2, 0) is 7.05 Å². The molecule has 0 saturated heterocycles. The lowest BCUT2D eigenvalue weighted by Gasteiger charge is -2.05. The van der Waals surface area contributed by atoms with Gasteiger partial charge in [-0.3, -0.25) is 0 Å². The van der Waals surface area contributed by atoms with Crippen molar-refractivity contribution in [2.75, 3.05) is 0 Å². The SMILES string of the molecule is C[n+]1cc2c3ccccc3ccc2c2ccccc21.[I-]. The predicted octanol–water partition coefficient (Wildman–Crippen LogP) is 0.975. The smallest absolute Gasteiger partial charge is 0.212 e. The number of halogens is 1. The Bertz CT molecular complexity index is 928. The fourth-order valence-electron chi connectivity index (χ4n) is 2.94. The zero-order valence-corrected chi connectivity index (χ0v) is 13.3. The molecule has 0 atom stereocenters. The molecular weight excluding hydrogens is 357 g/mol. The van der Waals surface area contributed by atoms with E-state index in [0.717, 1.165) is 0 Å². The number of para-hydroxylation sites is 1. The van der Waals surface area contributed by atoms with Crippen molar-refractivity contribution in [3.05, 3.63) is 66.9 Å². The lowest BCUT2D eigenvalue weighted by atomic mass is 10.0. The number of hydrogen-bond donors (Lipinski definition) is 0. The summed E-state index contributed by atoms with van der Waals surface area (Å²) in [6.45, 7) is 0. The molecule has 0 unspecified atom stereocenters. The van der Waals surface area contributed by atoms with Crippen molar-refractivity contribution in [3.8, 4) is 0 Å². The van der Waals surface area contributed by atoms with Crippen LogP contribution < -0.4 is 28.5 Å². The van der Waals surface area contributed by atoms with E-state index in [0.29, 0.717) is 0 Å². The zero-order valence-electron chi connectivity index (χ0n) is 11.2. The molecule has 0 aliphatic heterocycles. The third kappa shape index (κ3) is 1.86. The van der Waals surface area contributed by atoms with Crippen molar-refractivity contribution < 1.29 is 28.5 Å². The first-order valence-electron chi connectivity index (χ1n) is 6.53. The lowest BCUT2D eigenvalue weighted by molar-refractivity contribution is -0.643. The van der Waals surface area contributed by atoms with E-state index in [-0.39, 0.29) is 24.0 Å². The molecule has 1 nitrogen and oxygen atoms in total. The van der Waals surface area contributed by atoms with E-state index in [2.05, 4.69) is 78.5 Å². The molecule has 0 radical (unpaired) electrons. The van der Waals surface area contributed by atoms with Crippen LogP contribution in [0.4, 0.5) is 0 Å². The second-order valence-electron chi connectivity index (χ2n) is 5.01. The number of benzene rings is 3. The predicted molar refractivity (Wildman–Crippen MR) is 80.1 cm³/mol. The van der Waals surface area contributed by atoms with E-state index in [9.17, 15) is 0 Å². The summed E-state index contributed by atoms with van der Waals surface area (Å²) in [5.74, 6) is 0. The van der Waals surface area contributed by atoms with Crippen LogP contribution in [-0.4, -0.2) is 0 Å². The van der Waals surface area contributed by atoms with Crippen LogP contribution in [0.2, 0.25) is 0 Å². The molecule has 4 rings (SSSR count). The molecule has 4 aromatic rings. The molecule has 98 valence electrons. The summed E-state index contributed by atoms with van der Waals surface area (Å²) < 4.78 is 2.21. The highest BCUT2D eigenvalue weighted by molar-refractivity contribution is 6.14. The standard InChI is InChI=1S/C18H14N.HI/c1-19-12-17-14-7-3-2-6-13(14)10-11-15(17)16-8-4-5-9-18(16)19;/h2-12H,1H3;1H/q+1;/p-1. The maximum absolute atomic E-state index is 2.24. The number of pyridine rings is 1. The summed E-state index contributed by atoms with van der Waals surface area (Å²) in [5, 5.41) is 6.58. The summed E-state index contributed by atoms with van der Waals surface area (Å²) in [5.41, 5.74) is 1.27. The fraction of sp³-hybridized carbons (Fsp3) is 0.0556. The number of aryl methyl sites for hydroxylation is 1. The largest absolute Gasteiger partial charge is 1.00 e.